The van der Waals surface area contributed by atoms with Crippen LogP contribution in [0.25, 0.3) is 0 Å². The molecule has 1 N–H and O–H groups in total. The summed E-state index contributed by atoms with van der Waals surface area (Å²) < 4.78 is 16.6. The first kappa shape index (κ1) is 30.2. The fraction of sp³-hybridized carbons (Fsp3) is 0.962. The van der Waals surface area contributed by atoms with Crippen molar-refractivity contribution < 1.29 is 19.0 Å². The highest BCUT2D eigenvalue weighted by atomic mass is 16.6. The van der Waals surface area contributed by atoms with Crippen LogP contribution in [0.15, 0.2) is 0 Å². The number of carbonyl (C=O) groups is 1. The Balaban J connectivity index is 3.39. The molecule has 0 fully saturated rings. The van der Waals surface area contributed by atoms with Crippen molar-refractivity contribution in [1.29, 1.82) is 0 Å². The third-order valence-electron chi connectivity index (χ3n) is 5.58. The lowest BCUT2D eigenvalue weighted by Crippen LogP contribution is -2.33. The minimum atomic E-state index is -0.361. The highest BCUT2D eigenvalue weighted by Crippen LogP contribution is 2.13. The summed E-state index contributed by atoms with van der Waals surface area (Å²) in [5.74, 6) is 0.211. The maximum absolute atomic E-state index is 11.8. The number of carbonyl (C=O) groups excluding carboxylic acids is 1. The Morgan fingerprint density at radius 2 is 1.39 bits per heavy atom. The Labute approximate surface area is 193 Å². The number of unbranched alkanes of at least 4 members (excludes halogenated alkanes) is 11. The van der Waals surface area contributed by atoms with Crippen LogP contribution in [0, 0.1) is 5.92 Å². The molecule has 0 spiro atoms. The average Bonchev–Trinajstić information content (AvgIpc) is 2.72. The molecule has 5 heteroatoms. The van der Waals surface area contributed by atoms with Gasteiger partial charge >= 0.3 is 6.09 Å². The predicted molar refractivity (Wildman–Crippen MR) is 131 cm³/mol. The van der Waals surface area contributed by atoms with E-state index in [4.69, 9.17) is 14.2 Å². The van der Waals surface area contributed by atoms with Crippen molar-refractivity contribution in [3.63, 3.8) is 0 Å². The van der Waals surface area contributed by atoms with Crippen molar-refractivity contribution in [2.45, 2.75) is 124 Å². The van der Waals surface area contributed by atoms with Gasteiger partial charge in [0.05, 0.1) is 18.8 Å². The third-order valence-corrected chi connectivity index (χ3v) is 5.58. The molecule has 0 radical (unpaired) electrons. The molecule has 0 aromatic carbocycles. The van der Waals surface area contributed by atoms with E-state index in [1.165, 1.54) is 70.6 Å². The van der Waals surface area contributed by atoms with Crippen LogP contribution in [0.1, 0.15) is 118 Å². The van der Waals surface area contributed by atoms with Gasteiger partial charge in [-0.3, -0.25) is 0 Å². The van der Waals surface area contributed by atoms with Gasteiger partial charge in [-0.2, -0.15) is 0 Å². The molecule has 0 saturated heterocycles. The molecule has 0 aliphatic heterocycles. The molecule has 1 atom stereocenters. The van der Waals surface area contributed by atoms with Crippen LogP contribution >= 0.6 is 0 Å². The summed E-state index contributed by atoms with van der Waals surface area (Å²) in [6, 6.07) is 0. The summed E-state index contributed by atoms with van der Waals surface area (Å²) in [5.41, 5.74) is -0.225. The van der Waals surface area contributed by atoms with E-state index in [1.807, 2.05) is 27.7 Å². The van der Waals surface area contributed by atoms with Crippen molar-refractivity contribution in [3.8, 4) is 0 Å². The number of hydrogen-bond acceptors (Lipinski definition) is 4. The molecular formula is C26H53NO4. The first-order chi connectivity index (χ1) is 14.9. The molecule has 0 rings (SSSR count). The number of ether oxygens (including phenoxy) is 3. The molecular weight excluding hydrogens is 390 g/mol. The molecule has 0 aliphatic carbocycles. The summed E-state index contributed by atoms with van der Waals surface area (Å²) in [6.45, 7) is 13.4. The summed E-state index contributed by atoms with van der Waals surface area (Å²) in [7, 11) is 0. The van der Waals surface area contributed by atoms with E-state index < -0.39 is 0 Å². The summed E-state index contributed by atoms with van der Waals surface area (Å²) >= 11 is 0. The lowest BCUT2D eigenvalue weighted by Gasteiger charge is -2.24. The normalized spacial score (nSPS) is 12.7. The molecule has 0 aromatic heterocycles. The molecule has 31 heavy (non-hydrogen) atoms. The summed E-state index contributed by atoms with van der Waals surface area (Å²) in [6.07, 6.45) is 16.6. The smallest absolute Gasteiger partial charge is 0.407 e. The van der Waals surface area contributed by atoms with E-state index >= 15 is 0 Å². The minimum absolute atomic E-state index is 0.211. The van der Waals surface area contributed by atoms with E-state index in [2.05, 4.69) is 12.2 Å². The third kappa shape index (κ3) is 22.2. The summed E-state index contributed by atoms with van der Waals surface area (Å²) in [4.78, 5) is 11.8. The zero-order valence-electron chi connectivity index (χ0n) is 21.4. The number of amides is 1. The molecule has 1 unspecified atom stereocenters. The van der Waals surface area contributed by atoms with Gasteiger partial charge < -0.3 is 19.5 Å². The Hall–Kier alpha value is -0.810. The molecule has 0 saturated carbocycles. The van der Waals surface area contributed by atoms with Gasteiger partial charge in [-0.1, -0.05) is 84.5 Å². The van der Waals surface area contributed by atoms with Crippen molar-refractivity contribution in [3.05, 3.63) is 0 Å². The number of alkyl carbamates (subject to hydrolysis) is 1. The average molecular weight is 444 g/mol. The second-order valence-electron chi connectivity index (χ2n) is 9.54. The van der Waals surface area contributed by atoms with Crippen LogP contribution in [0.2, 0.25) is 0 Å². The van der Waals surface area contributed by atoms with E-state index in [9.17, 15) is 4.79 Å². The number of hydrogen-bond donors (Lipinski definition) is 1. The van der Waals surface area contributed by atoms with Crippen molar-refractivity contribution in [1.82, 2.24) is 5.32 Å². The van der Waals surface area contributed by atoms with Gasteiger partial charge in [0.1, 0.15) is 0 Å². The van der Waals surface area contributed by atoms with Crippen LogP contribution in [0.5, 0.6) is 0 Å². The van der Waals surface area contributed by atoms with Crippen molar-refractivity contribution in [2.75, 3.05) is 33.0 Å². The number of nitrogens with one attached hydrogen (secondary N) is 1. The van der Waals surface area contributed by atoms with E-state index in [0.717, 1.165) is 19.4 Å². The van der Waals surface area contributed by atoms with Gasteiger partial charge in [-0.25, -0.2) is 4.79 Å². The largest absolute Gasteiger partial charge is 0.449 e. The van der Waals surface area contributed by atoms with Crippen LogP contribution in [0.4, 0.5) is 4.79 Å². The van der Waals surface area contributed by atoms with Crippen molar-refractivity contribution in [2.24, 2.45) is 5.92 Å². The van der Waals surface area contributed by atoms with Crippen LogP contribution in [0.3, 0.4) is 0 Å². The standard InChI is InChI=1S/C26H53NO4/c1-6-8-9-10-11-12-13-14-15-16-17-18-21-29-22-24(3)23-30-25(28)27-20-19-26(4,5)31-7-2/h24H,6-23H2,1-5H3,(H,27,28). The second-order valence-corrected chi connectivity index (χ2v) is 9.54. The first-order valence-electron chi connectivity index (χ1n) is 13.0. The Morgan fingerprint density at radius 1 is 0.839 bits per heavy atom. The number of rotatable bonds is 22. The first-order valence-corrected chi connectivity index (χ1v) is 13.0. The Bertz CT molecular complexity index is 401. The Kier molecular flexibility index (Phi) is 20.5. The lowest BCUT2D eigenvalue weighted by molar-refractivity contribution is -0.0156. The van der Waals surface area contributed by atoms with Crippen molar-refractivity contribution >= 4 is 6.09 Å². The predicted octanol–water partition coefficient (Wildman–Crippen LogP) is 7.27. The van der Waals surface area contributed by atoms with Gasteiger partial charge in [0, 0.05) is 25.7 Å². The van der Waals surface area contributed by atoms with Gasteiger partial charge in [-0.15, -0.1) is 0 Å². The summed E-state index contributed by atoms with van der Waals surface area (Å²) in [5, 5.41) is 2.79. The van der Waals surface area contributed by atoms with Gasteiger partial charge in [0.25, 0.3) is 0 Å². The van der Waals surface area contributed by atoms with Crippen LogP contribution in [-0.4, -0.2) is 44.7 Å². The highest BCUT2D eigenvalue weighted by Gasteiger charge is 2.17. The zero-order chi connectivity index (χ0) is 23.2. The fourth-order valence-electron chi connectivity index (χ4n) is 3.58. The minimum Gasteiger partial charge on any atom is -0.449 e. The van der Waals surface area contributed by atoms with E-state index in [-0.39, 0.29) is 17.6 Å². The molecule has 1 amide bonds. The van der Waals surface area contributed by atoms with E-state index in [1.54, 1.807) is 0 Å². The fourth-order valence-corrected chi connectivity index (χ4v) is 3.58. The Morgan fingerprint density at radius 3 is 1.94 bits per heavy atom. The van der Waals surface area contributed by atoms with Gasteiger partial charge in [0.2, 0.25) is 0 Å². The highest BCUT2D eigenvalue weighted by molar-refractivity contribution is 5.67. The van der Waals surface area contributed by atoms with Crippen LogP contribution in [-0.2, 0) is 14.2 Å². The maximum atomic E-state index is 11.8. The molecule has 5 nitrogen and oxygen atoms in total. The lowest BCUT2D eigenvalue weighted by atomic mass is 10.1. The SMILES string of the molecule is CCCCCCCCCCCCCCOCC(C)COC(=O)NCCC(C)(C)OCC. The van der Waals surface area contributed by atoms with E-state index in [0.29, 0.717) is 26.4 Å². The monoisotopic (exact) mass is 443 g/mol. The molecule has 0 aliphatic rings. The maximum Gasteiger partial charge on any atom is 0.407 e. The van der Waals surface area contributed by atoms with Gasteiger partial charge in [-0.05, 0) is 33.6 Å². The second kappa shape index (κ2) is 21.1. The quantitative estimate of drug-likeness (QED) is 0.179. The van der Waals surface area contributed by atoms with Gasteiger partial charge in [0.15, 0.2) is 0 Å². The molecule has 0 heterocycles. The molecule has 0 aromatic rings. The topological polar surface area (TPSA) is 56.8 Å². The van der Waals surface area contributed by atoms with Crippen LogP contribution < -0.4 is 5.32 Å². The molecule has 0 bridgehead atoms. The molecule has 186 valence electrons. The zero-order valence-corrected chi connectivity index (χ0v) is 21.4.